The third-order valence-electron chi connectivity index (χ3n) is 2.78. The first-order valence-corrected chi connectivity index (χ1v) is 5.92. The fourth-order valence-corrected chi connectivity index (χ4v) is 1.69. The zero-order valence-corrected chi connectivity index (χ0v) is 11.4. The monoisotopic (exact) mass is 328 g/mol. The lowest BCUT2D eigenvalue weighted by Gasteiger charge is -2.40. The summed E-state index contributed by atoms with van der Waals surface area (Å²) in [4.78, 5) is 21.3. The molecule has 1 saturated heterocycles. The summed E-state index contributed by atoms with van der Waals surface area (Å²) in [6.07, 6.45) is -9.89. The maximum absolute atomic E-state index is 10.9. The highest BCUT2D eigenvalue weighted by Crippen LogP contribution is 2.22. The van der Waals surface area contributed by atoms with Crippen molar-refractivity contribution in [1.82, 2.24) is 11.5 Å². The van der Waals surface area contributed by atoms with Crippen LogP contribution in [0.4, 0.5) is 0 Å². The van der Waals surface area contributed by atoms with Crippen LogP contribution in [0.5, 0.6) is 0 Å². The molecule has 12 heteroatoms. The minimum absolute atomic E-state index is 0. The number of rotatable bonds is 7. The van der Waals surface area contributed by atoms with Crippen molar-refractivity contribution in [2.45, 2.75) is 36.9 Å². The SMILES string of the molecule is N.O=C(O)CNC(O[C@H]1O[C@H](CO)[C@H](O)[C@@H](O)[C@@H]1O)C(=O)O. The van der Waals surface area contributed by atoms with Gasteiger partial charge in [0.2, 0.25) is 6.23 Å². The summed E-state index contributed by atoms with van der Waals surface area (Å²) >= 11 is 0. The number of ether oxygens (including phenoxy) is 2. The summed E-state index contributed by atoms with van der Waals surface area (Å²) in [6.45, 7) is -1.43. The number of hydrogen-bond donors (Lipinski definition) is 8. The summed E-state index contributed by atoms with van der Waals surface area (Å²) in [7, 11) is 0. The highest BCUT2D eigenvalue weighted by Gasteiger charge is 2.45. The fraction of sp³-hybridized carbons (Fsp3) is 0.800. The lowest BCUT2D eigenvalue weighted by Crippen LogP contribution is -2.61. The van der Waals surface area contributed by atoms with Gasteiger partial charge in [-0.15, -0.1) is 0 Å². The number of aliphatic hydroxyl groups excluding tert-OH is 4. The zero-order chi connectivity index (χ0) is 16.2. The quantitative estimate of drug-likeness (QED) is 0.210. The summed E-state index contributed by atoms with van der Waals surface area (Å²) in [6, 6.07) is 0. The van der Waals surface area contributed by atoms with Crippen LogP contribution < -0.4 is 11.5 Å². The van der Waals surface area contributed by atoms with Crippen LogP contribution in [0.3, 0.4) is 0 Å². The van der Waals surface area contributed by atoms with Gasteiger partial charge in [0.25, 0.3) is 0 Å². The molecule has 10 N–H and O–H groups in total. The Labute approximate surface area is 124 Å². The Bertz CT molecular complexity index is 379. The van der Waals surface area contributed by atoms with E-state index >= 15 is 0 Å². The molecule has 1 unspecified atom stereocenters. The molecule has 1 fully saturated rings. The van der Waals surface area contributed by atoms with Gasteiger partial charge < -0.3 is 46.3 Å². The molecule has 0 aromatic heterocycles. The molecule has 0 bridgehead atoms. The minimum atomic E-state index is -1.83. The van der Waals surface area contributed by atoms with Gasteiger partial charge in [-0.2, -0.15) is 0 Å². The Kier molecular flexibility index (Phi) is 8.36. The first-order chi connectivity index (χ1) is 9.77. The predicted molar refractivity (Wildman–Crippen MR) is 66.9 cm³/mol. The van der Waals surface area contributed by atoms with Gasteiger partial charge in [-0.3, -0.25) is 10.1 Å². The molecule has 12 nitrogen and oxygen atoms in total. The molecular weight excluding hydrogens is 308 g/mol. The van der Waals surface area contributed by atoms with Crippen molar-refractivity contribution in [1.29, 1.82) is 0 Å². The van der Waals surface area contributed by atoms with Crippen LogP contribution >= 0.6 is 0 Å². The minimum Gasteiger partial charge on any atom is -0.480 e. The summed E-state index contributed by atoms with van der Waals surface area (Å²) < 4.78 is 9.77. The number of aliphatic hydroxyl groups is 4. The highest BCUT2D eigenvalue weighted by atomic mass is 16.7. The van der Waals surface area contributed by atoms with E-state index in [1.807, 2.05) is 5.32 Å². The van der Waals surface area contributed by atoms with Crippen LogP contribution in [-0.4, -0.2) is 92.7 Å². The lowest BCUT2D eigenvalue weighted by atomic mass is 9.99. The Balaban J connectivity index is 0.00000441. The van der Waals surface area contributed by atoms with E-state index < -0.39 is 62.0 Å². The van der Waals surface area contributed by atoms with Gasteiger partial charge in [0.1, 0.15) is 24.4 Å². The summed E-state index contributed by atoms with van der Waals surface area (Å²) in [5, 5.41) is 57.0. The van der Waals surface area contributed by atoms with Crippen LogP contribution in [0.2, 0.25) is 0 Å². The van der Waals surface area contributed by atoms with E-state index in [1.54, 1.807) is 0 Å². The molecule has 22 heavy (non-hydrogen) atoms. The van der Waals surface area contributed by atoms with Crippen molar-refractivity contribution >= 4 is 11.9 Å². The smallest absolute Gasteiger partial charge is 0.348 e. The number of hydrogen-bond acceptors (Lipinski definition) is 10. The molecule has 0 aliphatic carbocycles. The van der Waals surface area contributed by atoms with Gasteiger partial charge in [0.15, 0.2) is 6.29 Å². The second-order valence-corrected chi connectivity index (χ2v) is 4.33. The van der Waals surface area contributed by atoms with Crippen molar-refractivity contribution < 1.29 is 49.7 Å². The van der Waals surface area contributed by atoms with Crippen LogP contribution in [0.25, 0.3) is 0 Å². The van der Waals surface area contributed by atoms with Crippen LogP contribution in [0, 0.1) is 0 Å². The number of carbonyl (C=O) groups is 2. The molecule has 1 heterocycles. The Morgan fingerprint density at radius 1 is 1.14 bits per heavy atom. The van der Waals surface area contributed by atoms with Gasteiger partial charge in [0, 0.05) is 0 Å². The molecule has 6 atom stereocenters. The van der Waals surface area contributed by atoms with Crippen LogP contribution in [-0.2, 0) is 19.1 Å². The van der Waals surface area contributed by atoms with Gasteiger partial charge >= 0.3 is 11.9 Å². The topological polar surface area (TPSA) is 221 Å². The van der Waals surface area contributed by atoms with E-state index in [4.69, 9.17) is 24.8 Å². The van der Waals surface area contributed by atoms with Crippen molar-refractivity contribution in [3.8, 4) is 0 Å². The predicted octanol–water partition coefficient (Wildman–Crippen LogP) is -3.95. The number of carboxylic acid groups (broad SMARTS) is 2. The molecule has 0 spiro atoms. The molecule has 1 aliphatic rings. The van der Waals surface area contributed by atoms with Crippen LogP contribution in [0.1, 0.15) is 0 Å². The maximum Gasteiger partial charge on any atom is 0.348 e. The Morgan fingerprint density at radius 2 is 1.73 bits per heavy atom. The molecule has 1 aliphatic heterocycles. The average molecular weight is 328 g/mol. The standard InChI is InChI=1S/C10H17NO10.H3N/c12-2-3-5(15)6(16)7(17)10(20-3)21-8(9(18)19)11-1-4(13)14;/h3,5-8,10-12,15-17H,1-2H2,(H,13,14)(H,18,19);1H3/t3-,5+,6-,7+,8?,10-;/m1./s1. The number of nitrogens with one attached hydrogen (secondary N) is 1. The lowest BCUT2D eigenvalue weighted by molar-refractivity contribution is -0.312. The van der Waals surface area contributed by atoms with E-state index in [-0.39, 0.29) is 6.15 Å². The zero-order valence-electron chi connectivity index (χ0n) is 11.4. The largest absolute Gasteiger partial charge is 0.480 e. The van der Waals surface area contributed by atoms with Gasteiger partial charge in [-0.1, -0.05) is 0 Å². The van der Waals surface area contributed by atoms with Crippen molar-refractivity contribution in [3.05, 3.63) is 0 Å². The van der Waals surface area contributed by atoms with E-state index in [2.05, 4.69) is 0 Å². The second kappa shape index (κ2) is 8.92. The maximum atomic E-state index is 10.9. The van der Waals surface area contributed by atoms with Gasteiger partial charge in [0.05, 0.1) is 13.2 Å². The molecule has 0 radical (unpaired) electrons. The Morgan fingerprint density at radius 3 is 2.18 bits per heavy atom. The molecule has 0 aromatic carbocycles. The van der Waals surface area contributed by atoms with Crippen molar-refractivity contribution in [2.24, 2.45) is 0 Å². The molecular formula is C10H20N2O10. The normalized spacial score (nSPS) is 32.8. The summed E-state index contributed by atoms with van der Waals surface area (Å²) in [5.74, 6) is -2.91. The second-order valence-electron chi connectivity index (χ2n) is 4.33. The first kappa shape index (κ1) is 20.6. The van der Waals surface area contributed by atoms with Crippen molar-refractivity contribution in [3.63, 3.8) is 0 Å². The molecule has 0 aromatic rings. The molecule has 0 saturated carbocycles. The fourth-order valence-electron chi connectivity index (χ4n) is 1.69. The molecule has 130 valence electrons. The van der Waals surface area contributed by atoms with E-state index in [0.29, 0.717) is 0 Å². The highest BCUT2D eigenvalue weighted by molar-refractivity contribution is 5.74. The summed E-state index contributed by atoms with van der Waals surface area (Å²) in [5.41, 5.74) is 0. The van der Waals surface area contributed by atoms with Gasteiger partial charge in [-0.05, 0) is 0 Å². The number of aliphatic carboxylic acids is 2. The Hall–Kier alpha value is -1.38. The third-order valence-corrected chi connectivity index (χ3v) is 2.78. The number of carboxylic acids is 2. The van der Waals surface area contributed by atoms with Crippen molar-refractivity contribution in [2.75, 3.05) is 13.2 Å². The van der Waals surface area contributed by atoms with E-state index in [1.165, 1.54) is 0 Å². The average Bonchev–Trinajstić information content (AvgIpc) is 2.42. The molecule has 0 amide bonds. The first-order valence-electron chi connectivity index (χ1n) is 5.92. The van der Waals surface area contributed by atoms with E-state index in [0.717, 1.165) is 0 Å². The third kappa shape index (κ3) is 5.11. The van der Waals surface area contributed by atoms with E-state index in [9.17, 15) is 24.9 Å². The van der Waals surface area contributed by atoms with Crippen LogP contribution in [0.15, 0.2) is 0 Å². The van der Waals surface area contributed by atoms with Gasteiger partial charge in [-0.25, -0.2) is 4.79 Å². The molecule has 1 rings (SSSR count).